The van der Waals surface area contributed by atoms with E-state index in [1.807, 2.05) is 24.3 Å². The van der Waals surface area contributed by atoms with E-state index in [9.17, 15) is 0 Å². The van der Waals surface area contributed by atoms with E-state index in [0.717, 1.165) is 43.0 Å². The molecular formula is C48H31OP. The van der Waals surface area contributed by atoms with Gasteiger partial charge in [0, 0.05) is 15.9 Å². The Bertz CT molecular complexity index is 2930. The fourth-order valence-electron chi connectivity index (χ4n) is 8.05. The van der Waals surface area contributed by atoms with E-state index in [1.54, 1.807) is 0 Å². The normalized spacial score (nSPS) is 12.1. The third-order valence-electron chi connectivity index (χ3n) is 10.5. The van der Waals surface area contributed by atoms with Crippen molar-refractivity contribution in [3.8, 4) is 11.1 Å². The van der Waals surface area contributed by atoms with Crippen LogP contribution in [0.5, 0.6) is 0 Å². The highest BCUT2D eigenvalue weighted by atomic mass is 31.2. The Morgan fingerprint density at radius 3 is 1.26 bits per heavy atom. The van der Waals surface area contributed by atoms with Gasteiger partial charge in [0.05, 0.1) is 0 Å². The lowest BCUT2D eigenvalue weighted by Crippen LogP contribution is -2.25. The summed E-state index contributed by atoms with van der Waals surface area (Å²) in [5.74, 6) is 0. The molecule has 10 aromatic carbocycles. The quantitative estimate of drug-likeness (QED) is 0.136. The van der Waals surface area contributed by atoms with Gasteiger partial charge in [-0.15, -0.1) is 0 Å². The summed E-state index contributed by atoms with van der Waals surface area (Å²) in [6.07, 6.45) is 0. The standard InChI is InChI=1S/C48H31OP/c49-50(38-27-21-32-11-1-3-13-35(32)29-38,39-28-22-33-12-2-4-14-36(33)30-39)37-25-23-34(24-26-37)46-31-47-42-17-6-5-15-40(42)41-16-7-9-19-44(41)48(47)45-20-10-8-18-43(45)46/h1-31H. The summed E-state index contributed by atoms with van der Waals surface area (Å²) in [6, 6.07) is 66.3. The minimum Gasteiger partial charge on any atom is -0.309 e. The fraction of sp³-hybridized carbons (Fsp3) is 0. The number of rotatable bonds is 4. The van der Waals surface area contributed by atoms with Crippen LogP contribution in [0.2, 0.25) is 0 Å². The van der Waals surface area contributed by atoms with Crippen molar-refractivity contribution in [2.24, 2.45) is 0 Å². The van der Waals surface area contributed by atoms with Crippen LogP contribution in [-0.4, -0.2) is 0 Å². The zero-order valence-corrected chi connectivity index (χ0v) is 28.1. The maximum Gasteiger partial charge on any atom is 0.171 e. The Kier molecular flexibility index (Phi) is 6.53. The highest BCUT2D eigenvalue weighted by molar-refractivity contribution is 7.85. The van der Waals surface area contributed by atoms with Crippen LogP contribution in [-0.2, 0) is 4.57 Å². The third kappa shape index (κ3) is 4.37. The van der Waals surface area contributed by atoms with Crippen LogP contribution >= 0.6 is 7.14 Å². The summed E-state index contributed by atoms with van der Waals surface area (Å²) in [5, 5.41) is 17.0. The van der Waals surface area contributed by atoms with E-state index in [2.05, 4.69) is 164 Å². The second kappa shape index (κ2) is 11.3. The Morgan fingerprint density at radius 1 is 0.300 bits per heavy atom. The molecule has 0 saturated carbocycles. The van der Waals surface area contributed by atoms with E-state index in [4.69, 9.17) is 0 Å². The van der Waals surface area contributed by atoms with Gasteiger partial charge < -0.3 is 4.57 Å². The first-order chi connectivity index (χ1) is 24.7. The predicted octanol–water partition coefficient (Wildman–Crippen LogP) is 11.9. The van der Waals surface area contributed by atoms with Crippen molar-refractivity contribution in [2.75, 3.05) is 0 Å². The first-order valence-electron chi connectivity index (χ1n) is 17.1. The maximum atomic E-state index is 15.8. The molecule has 0 saturated heterocycles. The van der Waals surface area contributed by atoms with Crippen molar-refractivity contribution >= 4 is 87.7 Å². The molecule has 0 atom stereocenters. The lowest BCUT2D eigenvalue weighted by atomic mass is 9.87. The summed E-state index contributed by atoms with van der Waals surface area (Å²) in [4.78, 5) is 0. The van der Waals surface area contributed by atoms with E-state index in [0.29, 0.717) is 0 Å². The van der Waals surface area contributed by atoms with Gasteiger partial charge in [0.15, 0.2) is 7.14 Å². The second-order valence-electron chi connectivity index (χ2n) is 13.2. The van der Waals surface area contributed by atoms with Gasteiger partial charge in [-0.05, 0) is 94.0 Å². The van der Waals surface area contributed by atoms with Gasteiger partial charge in [0.2, 0.25) is 0 Å². The first kappa shape index (κ1) is 29.0. The average Bonchev–Trinajstić information content (AvgIpc) is 3.20. The molecule has 0 bridgehead atoms. The molecule has 50 heavy (non-hydrogen) atoms. The summed E-state index contributed by atoms with van der Waals surface area (Å²) in [5.41, 5.74) is 2.28. The molecule has 2 heteroatoms. The molecule has 0 unspecified atom stereocenters. The molecule has 0 amide bonds. The molecule has 0 aromatic heterocycles. The van der Waals surface area contributed by atoms with E-state index < -0.39 is 7.14 Å². The molecular weight excluding hydrogens is 624 g/mol. The maximum absolute atomic E-state index is 15.8. The number of benzene rings is 10. The van der Waals surface area contributed by atoms with Gasteiger partial charge in [0.1, 0.15) is 0 Å². The van der Waals surface area contributed by atoms with Crippen LogP contribution in [0.15, 0.2) is 188 Å². The molecule has 0 aliphatic heterocycles. The molecule has 0 heterocycles. The van der Waals surface area contributed by atoms with Gasteiger partial charge in [-0.25, -0.2) is 0 Å². The summed E-state index contributed by atoms with van der Waals surface area (Å²) >= 11 is 0. The predicted molar refractivity (Wildman–Crippen MR) is 216 cm³/mol. The lowest BCUT2D eigenvalue weighted by molar-refractivity contribution is 0.592. The summed E-state index contributed by atoms with van der Waals surface area (Å²) < 4.78 is 15.8. The Morgan fingerprint density at radius 2 is 0.700 bits per heavy atom. The fourth-order valence-corrected chi connectivity index (χ4v) is 10.7. The van der Waals surface area contributed by atoms with Crippen LogP contribution in [0.4, 0.5) is 0 Å². The van der Waals surface area contributed by atoms with Crippen LogP contribution < -0.4 is 15.9 Å². The lowest BCUT2D eigenvalue weighted by Gasteiger charge is -2.22. The molecule has 0 aliphatic rings. The zero-order chi connectivity index (χ0) is 33.2. The molecule has 0 fully saturated rings. The molecule has 0 radical (unpaired) electrons. The third-order valence-corrected chi connectivity index (χ3v) is 13.5. The number of hydrogen-bond donors (Lipinski definition) is 0. The smallest absolute Gasteiger partial charge is 0.171 e. The molecule has 10 aromatic rings. The minimum absolute atomic E-state index is 0.827. The molecule has 0 N–H and O–H groups in total. The summed E-state index contributed by atoms with van der Waals surface area (Å²) in [7, 11) is -3.24. The van der Waals surface area contributed by atoms with E-state index in [1.165, 1.54) is 48.7 Å². The second-order valence-corrected chi connectivity index (χ2v) is 16.0. The molecule has 1 nitrogen and oxygen atoms in total. The van der Waals surface area contributed by atoms with Crippen molar-refractivity contribution in [2.45, 2.75) is 0 Å². The zero-order valence-electron chi connectivity index (χ0n) is 27.3. The highest BCUT2D eigenvalue weighted by Gasteiger charge is 2.30. The average molecular weight is 655 g/mol. The molecule has 0 aliphatic carbocycles. The molecule has 234 valence electrons. The summed E-state index contributed by atoms with van der Waals surface area (Å²) in [6.45, 7) is 0. The van der Waals surface area contributed by atoms with Gasteiger partial charge in [-0.2, -0.15) is 0 Å². The molecule has 10 rings (SSSR count). The Balaban J connectivity index is 1.20. The largest absolute Gasteiger partial charge is 0.309 e. The first-order valence-corrected chi connectivity index (χ1v) is 18.8. The van der Waals surface area contributed by atoms with Crippen molar-refractivity contribution in [1.29, 1.82) is 0 Å². The van der Waals surface area contributed by atoms with Gasteiger partial charge >= 0.3 is 0 Å². The minimum atomic E-state index is -3.24. The van der Waals surface area contributed by atoms with Crippen molar-refractivity contribution in [3.63, 3.8) is 0 Å². The van der Waals surface area contributed by atoms with Crippen molar-refractivity contribution in [1.82, 2.24) is 0 Å². The Labute approximate surface area is 290 Å². The topological polar surface area (TPSA) is 17.1 Å². The van der Waals surface area contributed by atoms with Gasteiger partial charge in [0.25, 0.3) is 0 Å². The van der Waals surface area contributed by atoms with Gasteiger partial charge in [-0.1, -0.05) is 170 Å². The van der Waals surface area contributed by atoms with Crippen LogP contribution in [0.25, 0.3) is 75.8 Å². The Hall–Kier alpha value is -6.01. The van der Waals surface area contributed by atoms with Crippen LogP contribution in [0, 0.1) is 0 Å². The highest BCUT2D eigenvalue weighted by Crippen LogP contribution is 2.46. The SMILES string of the molecule is O=P(c1ccc(-c2cc3c4ccccc4c4ccccc4c3c3ccccc23)cc1)(c1ccc2ccccc2c1)c1ccc2ccccc2c1. The van der Waals surface area contributed by atoms with Crippen LogP contribution in [0.3, 0.4) is 0 Å². The van der Waals surface area contributed by atoms with E-state index >= 15 is 4.57 Å². The van der Waals surface area contributed by atoms with Gasteiger partial charge in [-0.3, -0.25) is 0 Å². The number of hydrogen-bond acceptors (Lipinski definition) is 1. The van der Waals surface area contributed by atoms with E-state index in [-0.39, 0.29) is 0 Å². The van der Waals surface area contributed by atoms with Crippen LogP contribution in [0.1, 0.15) is 0 Å². The monoisotopic (exact) mass is 654 g/mol. The van der Waals surface area contributed by atoms with Crippen molar-refractivity contribution in [3.05, 3.63) is 188 Å². The number of fused-ring (bicyclic) bond motifs is 10. The van der Waals surface area contributed by atoms with Crippen molar-refractivity contribution < 1.29 is 4.57 Å². The molecule has 0 spiro atoms.